The van der Waals surface area contributed by atoms with Gasteiger partial charge in [0.15, 0.2) is 0 Å². The van der Waals surface area contributed by atoms with Gasteiger partial charge in [-0.1, -0.05) is 37.6 Å². The lowest BCUT2D eigenvalue weighted by Gasteiger charge is -2.50. The molecule has 1 fully saturated rings. The van der Waals surface area contributed by atoms with Crippen molar-refractivity contribution in [2.24, 2.45) is 5.41 Å². The average Bonchev–Trinajstić information content (AvgIpc) is 2.18. The fourth-order valence-corrected chi connectivity index (χ4v) is 2.57. The minimum absolute atomic E-state index is 0.0402. The maximum absolute atomic E-state index is 9.77. The van der Waals surface area contributed by atoms with Crippen molar-refractivity contribution in [3.63, 3.8) is 0 Å². The van der Waals surface area contributed by atoms with Crippen LogP contribution in [0.3, 0.4) is 0 Å². The molecule has 0 spiro atoms. The van der Waals surface area contributed by atoms with Gasteiger partial charge in [-0.05, 0) is 42.7 Å². The molecule has 2 atom stereocenters. The second-order valence-corrected chi connectivity index (χ2v) is 5.49. The quantitative estimate of drug-likeness (QED) is 0.745. The van der Waals surface area contributed by atoms with Crippen LogP contribution in [0.25, 0.3) is 0 Å². The molecule has 1 aliphatic rings. The van der Waals surface area contributed by atoms with E-state index in [2.05, 4.69) is 45.9 Å². The van der Waals surface area contributed by atoms with Crippen LogP contribution in [0.5, 0.6) is 0 Å². The SMILES string of the molecule is Cc1ccc(C)c(C2CC(O)C2(C)C)c1. The molecule has 82 valence electrons. The van der Waals surface area contributed by atoms with Crippen molar-refractivity contribution < 1.29 is 5.11 Å². The first-order valence-corrected chi connectivity index (χ1v) is 5.68. The molecule has 1 nitrogen and oxygen atoms in total. The second-order valence-electron chi connectivity index (χ2n) is 5.49. The Hall–Kier alpha value is -0.820. The van der Waals surface area contributed by atoms with Gasteiger partial charge in [-0.2, -0.15) is 0 Å². The molecule has 0 aromatic heterocycles. The zero-order valence-electron chi connectivity index (χ0n) is 10.0. The number of aliphatic hydroxyl groups is 1. The Bertz CT molecular complexity index is 379. The third-order valence-corrected chi connectivity index (χ3v) is 4.03. The largest absolute Gasteiger partial charge is 0.393 e. The first kappa shape index (κ1) is 10.7. The van der Waals surface area contributed by atoms with Gasteiger partial charge in [0.05, 0.1) is 6.10 Å². The molecule has 1 N–H and O–H groups in total. The number of aliphatic hydroxyl groups excluding tert-OH is 1. The lowest BCUT2D eigenvalue weighted by atomic mass is 9.57. The molecule has 1 heteroatoms. The van der Waals surface area contributed by atoms with E-state index in [-0.39, 0.29) is 11.5 Å². The molecule has 1 aromatic carbocycles. The zero-order chi connectivity index (χ0) is 11.2. The van der Waals surface area contributed by atoms with Crippen molar-refractivity contribution in [3.8, 4) is 0 Å². The van der Waals surface area contributed by atoms with Crippen LogP contribution in [-0.4, -0.2) is 11.2 Å². The van der Waals surface area contributed by atoms with E-state index in [0.29, 0.717) is 5.92 Å². The molecule has 1 saturated carbocycles. The van der Waals surface area contributed by atoms with Gasteiger partial charge in [-0.15, -0.1) is 0 Å². The third kappa shape index (κ3) is 1.59. The molecule has 0 radical (unpaired) electrons. The van der Waals surface area contributed by atoms with E-state index in [0.717, 1.165) is 6.42 Å². The van der Waals surface area contributed by atoms with E-state index in [1.165, 1.54) is 16.7 Å². The van der Waals surface area contributed by atoms with Crippen molar-refractivity contribution in [2.75, 3.05) is 0 Å². The number of rotatable bonds is 1. The predicted molar refractivity (Wildman–Crippen MR) is 63.1 cm³/mol. The van der Waals surface area contributed by atoms with Gasteiger partial charge in [0, 0.05) is 0 Å². The van der Waals surface area contributed by atoms with Crippen LogP contribution in [0.4, 0.5) is 0 Å². The molecule has 15 heavy (non-hydrogen) atoms. The lowest BCUT2D eigenvalue weighted by Crippen LogP contribution is -2.47. The van der Waals surface area contributed by atoms with Crippen molar-refractivity contribution in [2.45, 2.75) is 46.1 Å². The maximum Gasteiger partial charge on any atom is 0.0603 e. The van der Waals surface area contributed by atoms with Gasteiger partial charge in [-0.25, -0.2) is 0 Å². The highest BCUT2D eigenvalue weighted by molar-refractivity contribution is 5.36. The van der Waals surface area contributed by atoms with E-state index in [1.807, 2.05) is 0 Å². The highest BCUT2D eigenvalue weighted by Crippen LogP contribution is 2.53. The monoisotopic (exact) mass is 204 g/mol. The van der Waals surface area contributed by atoms with Crippen LogP contribution in [0.1, 0.15) is 42.9 Å². The standard InChI is InChI=1S/C14H20O/c1-9-5-6-10(2)11(7-9)12-8-13(15)14(12,3)4/h5-7,12-13,15H,8H2,1-4H3. The van der Waals surface area contributed by atoms with Crippen molar-refractivity contribution in [1.82, 2.24) is 0 Å². The molecule has 2 unspecified atom stereocenters. The topological polar surface area (TPSA) is 20.2 Å². The van der Waals surface area contributed by atoms with E-state index in [9.17, 15) is 5.11 Å². The maximum atomic E-state index is 9.77. The van der Waals surface area contributed by atoms with Crippen LogP contribution in [0, 0.1) is 19.3 Å². The van der Waals surface area contributed by atoms with Crippen LogP contribution in [0.2, 0.25) is 0 Å². The Kier molecular flexibility index (Phi) is 2.38. The van der Waals surface area contributed by atoms with Gasteiger partial charge in [-0.3, -0.25) is 0 Å². The number of aryl methyl sites for hydroxylation is 2. The molecule has 0 saturated heterocycles. The van der Waals surface area contributed by atoms with E-state index >= 15 is 0 Å². The summed E-state index contributed by atoms with van der Waals surface area (Å²) in [4.78, 5) is 0. The first-order chi connectivity index (χ1) is 6.93. The van der Waals surface area contributed by atoms with Gasteiger partial charge in [0.1, 0.15) is 0 Å². The zero-order valence-corrected chi connectivity index (χ0v) is 10.0. The Morgan fingerprint density at radius 2 is 1.93 bits per heavy atom. The van der Waals surface area contributed by atoms with Crippen molar-refractivity contribution in [1.29, 1.82) is 0 Å². The summed E-state index contributed by atoms with van der Waals surface area (Å²) < 4.78 is 0. The van der Waals surface area contributed by atoms with Gasteiger partial charge >= 0.3 is 0 Å². The van der Waals surface area contributed by atoms with Crippen LogP contribution < -0.4 is 0 Å². The van der Waals surface area contributed by atoms with Crippen LogP contribution in [0.15, 0.2) is 18.2 Å². The summed E-state index contributed by atoms with van der Waals surface area (Å²) in [5.41, 5.74) is 4.13. The fraction of sp³-hybridized carbons (Fsp3) is 0.571. The fourth-order valence-electron chi connectivity index (χ4n) is 2.57. The summed E-state index contributed by atoms with van der Waals surface area (Å²) in [7, 11) is 0. The molecular formula is C14H20O. The highest BCUT2D eigenvalue weighted by atomic mass is 16.3. The summed E-state index contributed by atoms with van der Waals surface area (Å²) in [5, 5.41) is 9.77. The molecule has 0 aliphatic heterocycles. The summed E-state index contributed by atoms with van der Waals surface area (Å²) in [6, 6.07) is 6.61. The Labute approximate surface area is 92.1 Å². The van der Waals surface area contributed by atoms with E-state index in [1.54, 1.807) is 0 Å². The molecule has 2 rings (SSSR count). The Morgan fingerprint density at radius 1 is 1.27 bits per heavy atom. The highest BCUT2D eigenvalue weighted by Gasteiger charge is 2.48. The smallest absolute Gasteiger partial charge is 0.0603 e. The number of hydrogen-bond acceptors (Lipinski definition) is 1. The molecular weight excluding hydrogens is 184 g/mol. The number of hydrogen-bond donors (Lipinski definition) is 1. The Morgan fingerprint density at radius 3 is 2.47 bits per heavy atom. The minimum atomic E-state index is -0.137. The molecule has 1 aliphatic carbocycles. The molecule has 1 aromatic rings. The third-order valence-electron chi connectivity index (χ3n) is 4.03. The molecule has 0 amide bonds. The predicted octanol–water partition coefficient (Wildman–Crippen LogP) is 3.18. The second kappa shape index (κ2) is 3.34. The first-order valence-electron chi connectivity index (χ1n) is 5.68. The lowest BCUT2D eigenvalue weighted by molar-refractivity contribution is -0.0627. The van der Waals surface area contributed by atoms with Gasteiger partial charge in [0.25, 0.3) is 0 Å². The molecule has 0 bridgehead atoms. The number of benzene rings is 1. The summed E-state index contributed by atoms with van der Waals surface area (Å²) >= 11 is 0. The summed E-state index contributed by atoms with van der Waals surface area (Å²) in [5.74, 6) is 0.521. The van der Waals surface area contributed by atoms with E-state index < -0.39 is 0 Å². The van der Waals surface area contributed by atoms with Crippen LogP contribution in [-0.2, 0) is 0 Å². The normalized spacial score (nSPS) is 28.6. The molecule has 0 heterocycles. The summed E-state index contributed by atoms with van der Waals surface area (Å²) in [6.07, 6.45) is 0.777. The van der Waals surface area contributed by atoms with Gasteiger partial charge < -0.3 is 5.11 Å². The van der Waals surface area contributed by atoms with E-state index in [4.69, 9.17) is 0 Å². The van der Waals surface area contributed by atoms with Crippen LogP contribution >= 0.6 is 0 Å². The van der Waals surface area contributed by atoms with Crippen molar-refractivity contribution >= 4 is 0 Å². The summed E-state index contributed by atoms with van der Waals surface area (Å²) in [6.45, 7) is 8.61. The minimum Gasteiger partial charge on any atom is -0.393 e. The Balaban J connectivity index is 2.35. The van der Waals surface area contributed by atoms with Gasteiger partial charge in [0.2, 0.25) is 0 Å². The average molecular weight is 204 g/mol. The van der Waals surface area contributed by atoms with Crippen molar-refractivity contribution in [3.05, 3.63) is 34.9 Å².